The smallest absolute Gasteiger partial charge is 0.339 e. The number of pyridine rings is 1. The summed E-state index contributed by atoms with van der Waals surface area (Å²) >= 11 is 0. The lowest BCUT2D eigenvalue weighted by Gasteiger charge is -2.03. The lowest BCUT2D eigenvalue weighted by molar-refractivity contribution is -0.110. The molecule has 100 valence electrons. The molecule has 19 heavy (non-hydrogen) atoms. The second-order valence-corrected chi connectivity index (χ2v) is 3.78. The van der Waals surface area contributed by atoms with E-state index in [1.165, 1.54) is 12.5 Å². The monoisotopic (exact) mass is 262 g/mol. The van der Waals surface area contributed by atoms with Crippen molar-refractivity contribution in [3.63, 3.8) is 0 Å². The third-order valence-corrected chi connectivity index (χ3v) is 2.53. The Hall–Kier alpha value is -2.37. The van der Waals surface area contributed by atoms with Gasteiger partial charge in [0.15, 0.2) is 0 Å². The maximum absolute atomic E-state index is 11.7. The minimum atomic E-state index is -0.465. The van der Waals surface area contributed by atoms with Crippen LogP contribution in [0.5, 0.6) is 0 Å². The van der Waals surface area contributed by atoms with Crippen LogP contribution >= 0.6 is 0 Å². The normalized spacial score (nSPS) is 15.1. The molecule has 2 rings (SSSR count). The van der Waals surface area contributed by atoms with Crippen molar-refractivity contribution in [1.29, 1.82) is 0 Å². The Labute approximate surface area is 110 Å². The SMILES string of the molecule is CCO/C=C1\C(=O)Nc2ncc(C(=O)OCC)cc21. The van der Waals surface area contributed by atoms with Crippen LogP contribution < -0.4 is 5.32 Å². The van der Waals surface area contributed by atoms with Crippen molar-refractivity contribution in [2.75, 3.05) is 18.5 Å². The number of fused-ring (bicyclic) bond motifs is 1. The minimum Gasteiger partial charge on any atom is -0.501 e. The number of hydrogen-bond acceptors (Lipinski definition) is 5. The van der Waals surface area contributed by atoms with Gasteiger partial charge in [-0.3, -0.25) is 4.79 Å². The quantitative estimate of drug-likeness (QED) is 0.506. The van der Waals surface area contributed by atoms with Crippen molar-refractivity contribution in [2.45, 2.75) is 13.8 Å². The second kappa shape index (κ2) is 5.51. The van der Waals surface area contributed by atoms with Crippen LogP contribution in [0.4, 0.5) is 5.82 Å². The molecule has 0 atom stereocenters. The number of aromatic nitrogens is 1. The number of nitrogens with one attached hydrogen (secondary N) is 1. The molecule has 1 amide bonds. The van der Waals surface area contributed by atoms with E-state index in [9.17, 15) is 9.59 Å². The molecule has 2 heterocycles. The Morgan fingerprint density at radius 1 is 1.42 bits per heavy atom. The average molecular weight is 262 g/mol. The molecule has 1 aliphatic rings. The van der Waals surface area contributed by atoms with Crippen molar-refractivity contribution >= 4 is 23.3 Å². The van der Waals surface area contributed by atoms with Crippen LogP contribution in [0.25, 0.3) is 5.57 Å². The predicted octanol–water partition coefficient (Wildman–Crippen LogP) is 1.59. The summed E-state index contributed by atoms with van der Waals surface area (Å²) in [6, 6.07) is 1.57. The number of esters is 1. The summed E-state index contributed by atoms with van der Waals surface area (Å²) in [5, 5.41) is 2.60. The van der Waals surface area contributed by atoms with Crippen molar-refractivity contribution < 1.29 is 19.1 Å². The lowest BCUT2D eigenvalue weighted by atomic mass is 10.1. The summed E-state index contributed by atoms with van der Waals surface area (Å²) in [6.45, 7) is 4.29. The largest absolute Gasteiger partial charge is 0.501 e. The zero-order valence-corrected chi connectivity index (χ0v) is 10.7. The summed E-state index contributed by atoms with van der Waals surface area (Å²) in [7, 11) is 0. The van der Waals surface area contributed by atoms with E-state index in [4.69, 9.17) is 9.47 Å². The predicted molar refractivity (Wildman–Crippen MR) is 68.4 cm³/mol. The minimum absolute atomic E-state index is 0.286. The van der Waals surface area contributed by atoms with Gasteiger partial charge in [0.2, 0.25) is 0 Å². The molecule has 0 fully saturated rings. The highest BCUT2D eigenvalue weighted by Crippen LogP contribution is 2.30. The van der Waals surface area contributed by atoms with Gasteiger partial charge in [-0.25, -0.2) is 9.78 Å². The van der Waals surface area contributed by atoms with Crippen molar-refractivity contribution in [2.24, 2.45) is 0 Å². The van der Waals surface area contributed by atoms with E-state index >= 15 is 0 Å². The average Bonchev–Trinajstić information content (AvgIpc) is 2.71. The number of ether oxygens (including phenoxy) is 2. The van der Waals surface area contributed by atoms with Gasteiger partial charge in [-0.05, 0) is 19.9 Å². The third-order valence-electron chi connectivity index (χ3n) is 2.53. The lowest BCUT2D eigenvalue weighted by Crippen LogP contribution is -2.05. The standard InChI is InChI=1S/C13H14N2O4/c1-3-18-7-10-9-5-8(13(17)19-4-2)6-14-11(9)15-12(10)16/h5-7H,3-4H2,1-2H3,(H,14,15,16)/b10-7-. The number of carbonyl (C=O) groups excluding carboxylic acids is 2. The summed E-state index contributed by atoms with van der Waals surface area (Å²) in [6.07, 6.45) is 2.75. The molecule has 0 radical (unpaired) electrons. The van der Waals surface area contributed by atoms with E-state index in [0.717, 1.165) is 0 Å². The highest BCUT2D eigenvalue weighted by molar-refractivity contribution is 6.31. The van der Waals surface area contributed by atoms with Crippen LogP contribution in [-0.2, 0) is 14.3 Å². The second-order valence-electron chi connectivity index (χ2n) is 3.78. The van der Waals surface area contributed by atoms with Gasteiger partial charge in [-0.2, -0.15) is 0 Å². The van der Waals surface area contributed by atoms with Crippen LogP contribution in [0.15, 0.2) is 18.5 Å². The molecular formula is C13H14N2O4. The fourth-order valence-electron chi connectivity index (χ4n) is 1.68. The summed E-state index contributed by atoms with van der Waals surface area (Å²) in [5.41, 5.74) is 1.21. The molecule has 0 aromatic carbocycles. The van der Waals surface area contributed by atoms with Gasteiger partial charge in [-0.15, -0.1) is 0 Å². The van der Waals surface area contributed by atoms with Crippen LogP contribution in [0.3, 0.4) is 0 Å². The molecule has 0 bridgehead atoms. The molecule has 6 nitrogen and oxygen atoms in total. The molecule has 0 unspecified atom stereocenters. The number of anilines is 1. The fraction of sp³-hybridized carbons (Fsp3) is 0.308. The Morgan fingerprint density at radius 3 is 2.89 bits per heavy atom. The van der Waals surface area contributed by atoms with Gasteiger partial charge < -0.3 is 14.8 Å². The summed E-state index contributed by atoms with van der Waals surface area (Å²) in [5.74, 6) is -0.339. The van der Waals surface area contributed by atoms with Crippen LogP contribution in [0, 0.1) is 0 Å². The van der Waals surface area contributed by atoms with E-state index < -0.39 is 5.97 Å². The summed E-state index contributed by atoms with van der Waals surface area (Å²) < 4.78 is 10.0. The fourth-order valence-corrected chi connectivity index (χ4v) is 1.68. The van der Waals surface area contributed by atoms with Gasteiger partial charge in [0, 0.05) is 11.8 Å². The van der Waals surface area contributed by atoms with Crippen LogP contribution in [-0.4, -0.2) is 30.1 Å². The Kier molecular flexibility index (Phi) is 3.79. The van der Waals surface area contributed by atoms with E-state index in [0.29, 0.717) is 29.1 Å². The zero-order valence-electron chi connectivity index (χ0n) is 10.7. The Morgan fingerprint density at radius 2 is 2.21 bits per heavy atom. The number of rotatable bonds is 4. The maximum Gasteiger partial charge on any atom is 0.339 e. The van der Waals surface area contributed by atoms with E-state index in [1.54, 1.807) is 13.0 Å². The first-order valence-corrected chi connectivity index (χ1v) is 5.98. The van der Waals surface area contributed by atoms with E-state index in [2.05, 4.69) is 10.3 Å². The Balaban J connectivity index is 2.36. The highest BCUT2D eigenvalue weighted by atomic mass is 16.5. The molecule has 6 heteroatoms. The molecule has 0 saturated carbocycles. The van der Waals surface area contributed by atoms with Gasteiger partial charge in [0.25, 0.3) is 5.91 Å². The maximum atomic E-state index is 11.7. The van der Waals surface area contributed by atoms with Gasteiger partial charge in [-0.1, -0.05) is 0 Å². The number of carbonyl (C=O) groups is 2. The zero-order chi connectivity index (χ0) is 13.8. The highest BCUT2D eigenvalue weighted by Gasteiger charge is 2.27. The molecule has 0 spiro atoms. The molecule has 1 aromatic rings. The van der Waals surface area contributed by atoms with Crippen molar-refractivity contribution in [1.82, 2.24) is 4.98 Å². The van der Waals surface area contributed by atoms with Gasteiger partial charge >= 0.3 is 5.97 Å². The van der Waals surface area contributed by atoms with E-state index in [1.807, 2.05) is 6.92 Å². The molecular weight excluding hydrogens is 248 g/mol. The molecule has 1 N–H and O–H groups in total. The first kappa shape index (κ1) is 13.1. The van der Waals surface area contributed by atoms with Crippen molar-refractivity contribution in [3.8, 4) is 0 Å². The Bertz CT molecular complexity index is 552. The van der Waals surface area contributed by atoms with Crippen LogP contribution in [0.1, 0.15) is 29.8 Å². The van der Waals surface area contributed by atoms with Gasteiger partial charge in [0.05, 0.1) is 30.6 Å². The van der Waals surface area contributed by atoms with Crippen LogP contribution in [0.2, 0.25) is 0 Å². The first-order chi connectivity index (χ1) is 9.17. The number of hydrogen-bond donors (Lipinski definition) is 1. The van der Waals surface area contributed by atoms with Crippen molar-refractivity contribution in [3.05, 3.63) is 29.7 Å². The molecule has 0 aliphatic carbocycles. The molecule has 1 aliphatic heterocycles. The third kappa shape index (κ3) is 2.57. The first-order valence-electron chi connectivity index (χ1n) is 5.98. The molecule has 1 aromatic heterocycles. The summed E-state index contributed by atoms with van der Waals surface area (Å²) in [4.78, 5) is 27.4. The molecule has 0 saturated heterocycles. The number of nitrogens with zero attached hydrogens (tertiary/aromatic N) is 1. The number of amides is 1. The van der Waals surface area contributed by atoms with E-state index in [-0.39, 0.29) is 12.5 Å². The van der Waals surface area contributed by atoms with Gasteiger partial charge in [0.1, 0.15) is 5.82 Å². The topological polar surface area (TPSA) is 77.5 Å².